The predicted molar refractivity (Wildman–Crippen MR) is 80.5 cm³/mol. The third kappa shape index (κ3) is 5.49. The van der Waals surface area contributed by atoms with Gasteiger partial charge in [0.1, 0.15) is 12.4 Å². The Hall–Kier alpha value is -1.28. The van der Waals surface area contributed by atoms with E-state index < -0.39 is 17.8 Å². The minimum absolute atomic E-state index is 0.0239. The summed E-state index contributed by atoms with van der Waals surface area (Å²) in [6, 6.07) is 2.98. The van der Waals surface area contributed by atoms with Crippen molar-refractivity contribution in [1.29, 1.82) is 0 Å². The van der Waals surface area contributed by atoms with Gasteiger partial charge in [0.15, 0.2) is 0 Å². The van der Waals surface area contributed by atoms with E-state index in [1.54, 1.807) is 13.8 Å². The molecule has 0 saturated heterocycles. The molecule has 3 N–H and O–H groups in total. The van der Waals surface area contributed by atoms with Crippen LogP contribution in [-0.2, 0) is 11.0 Å². The molecule has 8 heteroatoms. The molecule has 1 aromatic carbocycles. The molecule has 22 heavy (non-hydrogen) atoms. The highest BCUT2D eigenvalue weighted by Gasteiger charge is 2.34. The number of nitrogens with two attached hydrogens (primary N) is 1. The summed E-state index contributed by atoms with van der Waals surface area (Å²) in [7, 11) is 0. The minimum Gasteiger partial charge on any atom is -0.491 e. The molecular formula is C14H18BrF3N2O2. The van der Waals surface area contributed by atoms with Gasteiger partial charge in [-0.1, -0.05) is 29.8 Å². The van der Waals surface area contributed by atoms with Crippen LogP contribution in [-0.4, -0.2) is 25.1 Å². The van der Waals surface area contributed by atoms with Gasteiger partial charge in [-0.05, 0) is 24.1 Å². The van der Waals surface area contributed by atoms with Crippen LogP contribution in [0.1, 0.15) is 19.4 Å². The summed E-state index contributed by atoms with van der Waals surface area (Å²) >= 11 is 2.99. The lowest BCUT2D eigenvalue weighted by Gasteiger charge is -2.17. The number of hydrogen-bond acceptors (Lipinski definition) is 3. The SMILES string of the molecule is CC(C)[C@H](N)C(=O)NCCOc1ccc(Br)cc1C(F)(F)F. The Bertz CT molecular complexity index is 521. The molecule has 0 spiro atoms. The van der Waals surface area contributed by atoms with Crippen LogP contribution < -0.4 is 15.8 Å². The number of benzene rings is 1. The van der Waals surface area contributed by atoms with Gasteiger partial charge in [-0.3, -0.25) is 4.79 Å². The summed E-state index contributed by atoms with van der Waals surface area (Å²) in [5, 5.41) is 2.52. The van der Waals surface area contributed by atoms with Crippen molar-refractivity contribution in [2.45, 2.75) is 26.1 Å². The van der Waals surface area contributed by atoms with Crippen molar-refractivity contribution in [3.63, 3.8) is 0 Å². The van der Waals surface area contributed by atoms with E-state index >= 15 is 0 Å². The highest BCUT2D eigenvalue weighted by Crippen LogP contribution is 2.37. The zero-order valence-corrected chi connectivity index (χ0v) is 13.8. The number of alkyl halides is 3. The van der Waals surface area contributed by atoms with Gasteiger partial charge in [0, 0.05) is 4.47 Å². The van der Waals surface area contributed by atoms with Crippen molar-refractivity contribution in [2.24, 2.45) is 11.7 Å². The molecule has 124 valence electrons. The fraction of sp³-hybridized carbons (Fsp3) is 0.500. The van der Waals surface area contributed by atoms with Crippen molar-refractivity contribution in [2.75, 3.05) is 13.2 Å². The maximum atomic E-state index is 12.9. The maximum Gasteiger partial charge on any atom is 0.420 e. The second-order valence-corrected chi connectivity index (χ2v) is 5.96. The molecule has 0 aromatic heterocycles. The van der Waals surface area contributed by atoms with E-state index in [0.717, 1.165) is 6.07 Å². The highest BCUT2D eigenvalue weighted by atomic mass is 79.9. The van der Waals surface area contributed by atoms with Crippen LogP contribution in [0.25, 0.3) is 0 Å². The summed E-state index contributed by atoms with van der Waals surface area (Å²) < 4.78 is 44.0. The number of halogens is 4. The number of hydrogen-bond donors (Lipinski definition) is 2. The highest BCUT2D eigenvalue weighted by molar-refractivity contribution is 9.10. The smallest absolute Gasteiger partial charge is 0.420 e. The Kier molecular flexibility index (Phi) is 6.67. The molecule has 1 rings (SSSR count). The summed E-state index contributed by atoms with van der Waals surface area (Å²) in [5.41, 5.74) is 4.78. The molecular weight excluding hydrogens is 365 g/mol. The van der Waals surface area contributed by atoms with Gasteiger partial charge in [0.2, 0.25) is 5.91 Å². The van der Waals surface area contributed by atoms with Crippen LogP contribution in [0.3, 0.4) is 0 Å². The number of carbonyl (C=O) groups is 1. The first-order valence-electron chi connectivity index (χ1n) is 6.65. The summed E-state index contributed by atoms with van der Waals surface area (Å²) in [5.74, 6) is -0.659. The lowest BCUT2D eigenvalue weighted by molar-refractivity contribution is -0.139. The Morgan fingerprint density at radius 1 is 1.41 bits per heavy atom. The lowest BCUT2D eigenvalue weighted by atomic mass is 10.1. The zero-order chi connectivity index (χ0) is 16.9. The van der Waals surface area contributed by atoms with E-state index in [2.05, 4.69) is 21.2 Å². The van der Waals surface area contributed by atoms with Crippen LogP contribution in [0.15, 0.2) is 22.7 Å². The second-order valence-electron chi connectivity index (χ2n) is 5.05. The van der Waals surface area contributed by atoms with Gasteiger partial charge in [0.05, 0.1) is 18.2 Å². The van der Waals surface area contributed by atoms with Crippen molar-refractivity contribution < 1.29 is 22.7 Å². The van der Waals surface area contributed by atoms with Gasteiger partial charge < -0.3 is 15.8 Å². The molecule has 0 aliphatic rings. The van der Waals surface area contributed by atoms with Crippen LogP contribution in [0.5, 0.6) is 5.75 Å². The molecule has 0 fully saturated rings. The molecule has 0 saturated carbocycles. The molecule has 0 radical (unpaired) electrons. The molecule has 0 unspecified atom stereocenters. The van der Waals surface area contributed by atoms with E-state index in [1.807, 2.05) is 0 Å². The standard InChI is InChI=1S/C14H18BrF3N2O2/c1-8(2)12(19)13(21)20-5-6-22-11-4-3-9(15)7-10(11)14(16,17)18/h3-4,7-8,12H,5-6,19H2,1-2H3,(H,20,21)/t12-/m0/s1. The Balaban J connectivity index is 2.58. The number of carbonyl (C=O) groups excluding carboxylic acids is 1. The van der Waals surface area contributed by atoms with Crippen LogP contribution in [0, 0.1) is 5.92 Å². The Morgan fingerprint density at radius 3 is 2.59 bits per heavy atom. The van der Waals surface area contributed by atoms with E-state index in [9.17, 15) is 18.0 Å². The largest absolute Gasteiger partial charge is 0.491 e. The molecule has 0 aliphatic carbocycles. The van der Waals surface area contributed by atoms with E-state index in [1.165, 1.54) is 12.1 Å². The van der Waals surface area contributed by atoms with Crippen molar-refractivity contribution >= 4 is 21.8 Å². The average Bonchev–Trinajstić information content (AvgIpc) is 2.42. The van der Waals surface area contributed by atoms with E-state index in [0.29, 0.717) is 4.47 Å². The Morgan fingerprint density at radius 2 is 2.05 bits per heavy atom. The maximum absolute atomic E-state index is 12.9. The average molecular weight is 383 g/mol. The van der Waals surface area contributed by atoms with Gasteiger partial charge in [-0.15, -0.1) is 0 Å². The lowest BCUT2D eigenvalue weighted by Crippen LogP contribution is -2.45. The van der Waals surface area contributed by atoms with Gasteiger partial charge in [-0.2, -0.15) is 13.2 Å². The first-order valence-corrected chi connectivity index (χ1v) is 7.45. The molecule has 1 atom stereocenters. The minimum atomic E-state index is -4.51. The number of amides is 1. The molecule has 1 aromatic rings. The van der Waals surface area contributed by atoms with Crippen LogP contribution in [0.2, 0.25) is 0 Å². The third-order valence-corrected chi connectivity index (χ3v) is 3.42. The molecule has 0 heterocycles. The topological polar surface area (TPSA) is 64.4 Å². The molecule has 0 aliphatic heterocycles. The molecule has 0 bridgehead atoms. The van der Waals surface area contributed by atoms with Crippen LogP contribution >= 0.6 is 15.9 Å². The third-order valence-electron chi connectivity index (χ3n) is 2.93. The first-order chi connectivity index (χ1) is 10.1. The van der Waals surface area contributed by atoms with Crippen molar-refractivity contribution in [1.82, 2.24) is 5.32 Å². The van der Waals surface area contributed by atoms with Gasteiger partial charge in [0.25, 0.3) is 0 Å². The molecule has 4 nitrogen and oxygen atoms in total. The summed E-state index contributed by atoms with van der Waals surface area (Å²) in [4.78, 5) is 11.6. The predicted octanol–water partition coefficient (Wildman–Crippen LogP) is 2.95. The number of rotatable bonds is 6. The van der Waals surface area contributed by atoms with Gasteiger partial charge in [-0.25, -0.2) is 0 Å². The second kappa shape index (κ2) is 7.82. The normalized spacial score (nSPS) is 13.1. The Labute approximate surface area is 135 Å². The number of nitrogens with one attached hydrogen (secondary N) is 1. The number of ether oxygens (including phenoxy) is 1. The van der Waals surface area contributed by atoms with Crippen molar-refractivity contribution in [3.05, 3.63) is 28.2 Å². The summed E-state index contributed by atoms with van der Waals surface area (Å²) in [6.07, 6.45) is -4.51. The quantitative estimate of drug-likeness (QED) is 0.743. The summed E-state index contributed by atoms with van der Waals surface area (Å²) in [6.45, 7) is 3.60. The monoisotopic (exact) mass is 382 g/mol. The van der Waals surface area contributed by atoms with E-state index in [-0.39, 0.29) is 30.7 Å². The fourth-order valence-electron chi connectivity index (χ4n) is 1.61. The fourth-order valence-corrected chi connectivity index (χ4v) is 1.97. The van der Waals surface area contributed by atoms with Crippen molar-refractivity contribution in [3.8, 4) is 5.75 Å². The molecule has 1 amide bonds. The van der Waals surface area contributed by atoms with E-state index in [4.69, 9.17) is 10.5 Å². The van der Waals surface area contributed by atoms with Gasteiger partial charge >= 0.3 is 6.18 Å². The van der Waals surface area contributed by atoms with Crippen LogP contribution in [0.4, 0.5) is 13.2 Å². The zero-order valence-electron chi connectivity index (χ0n) is 12.2. The first kappa shape index (κ1) is 18.8.